The molecule has 5 aromatic rings. The second-order valence-corrected chi connectivity index (χ2v) is 9.27. The molecule has 0 fully saturated rings. The number of hydrogen-bond acceptors (Lipinski definition) is 6. The lowest BCUT2D eigenvalue weighted by molar-refractivity contribution is 0.236. The van der Waals surface area contributed by atoms with Crippen molar-refractivity contribution >= 4 is 10.9 Å². The Hall–Kier alpha value is -4.37. The maximum Gasteiger partial charge on any atom is 0.252 e. The highest BCUT2D eigenvalue weighted by molar-refractivity contribution is 5.79. The summed E-state index contributed by atoms with van der Waals surface area (Å²) >= 11 is 0. The number of aromatic amines is 1. The first-order valence-electron chi connectivity index (χ1n) is 12.5. The van der Waals surface area contributed by atoms with Gasteiger partial charge in [-0.3, -0.25) is 9.69 Å². The maximum atomic E-state index is 13.4. The molecule has 194 valence electrons. The minimum atomic E-state index is -0.289. The molecule has 0 saturated carbocycles. The number of methoxy groups -OCH3 is 1. The molecule has 0 bridgehead atoms. The van der Waals surface area contributed by atoms with Gasteiger partial charge in [0.05, 0.1) is 20.2 Å². The lowest BCUT2D eigenvalue weighted by Crippen LogP contribution is -2.28. The van der Waals surface area contributed by atoms with E-state index in [4.69, 9.17) is 4.74 Å². The Kier molecular flexibility index (Phi) is 7.55. The summed E-state index contributed by atoms with van der Waals surface area (Å²) in [6, 6.07) is 22.2. The van der Waals surface area contributed by atoms with Crippen LogP contribution in [0.4, 0.5) is 4.39 Å². The van der Waals surface area contributed by atoms with Crippen LogP contribution in [0.1, 0.15) is 35.0 Å². The van der Waals surface area contributed by atoms with Crippen molar-refractivity contribution < 1.29 is 9.13 Å². The number of nitrogens with zero attached hydrogens (tertiary/aromatic N) is 5. The third-order valence-corrected chi connectivity index (χ3v) is 6.57. The van der Waals surface area contributed by atoms with Crippen molar-refractivity contribution in [3.63, 3.8) is 0 Å². The van der Waals surface area contributed by atoms with Crippen LogP contribution in [0.5, 0.6) is 5.75 Å². The van der Waals surface area contributed by atoms with Crippen molar-refractivity contribution in [3.05, 3.63) is 117 Å². The Bertz CT molecular complexity index is 1580. The lowest BCUT2D eigenvalue weighted by atomic mass is 10.1. The summed E-state index contributed by atoms with van der Waals surface area (Å²) in [7, 11) is 1.64. The number of tetrazole rings is 1. The summed E-state index contributed by atoms with van der Waals surface area (Å²) in [5.41, 5.74) is 4.53. The number of pyridine rings is 1. The predicted molar refractivity (Wildman–Crippen MR) is 143 cm³/mol. The number of aryl methyl sites for hydroxylation is 1. The summed E-state index contributed by atoms with van der Waals surface area (Å²) in [6.45, 7) is 3.90. The number of H-pyrrole nitrogens is 1. The molecule has 3 aromatic carbocycles. The van der Waals surface area contributed by atoms with E-state index in [1.807, 2.05) is 42.5 Å². The molecule has 1 N–H and O–H groups in total. The van der Waals surface area contributed by atoms with Crippen LogP contribution < -0.4 is 10.3 Å². The molecule has 0 aliphatic rings. The topological polar surface area (TPSA) is 88.9 Å². The average Bonchev–Trinajstić information content (AvgIpc) is 3.36. The van der Waals surface area contributed by atoms with Gasteiger partial charge in [-0.15, -0.1) is 5.10 Å². The molecule has 5 rings (SSSR count). The molecule has 0 amide bonds. The second kappa shape index (κ2) is 11.4. The SMILES string of the molecule is CCc1ccc2[nH]c(=O)c(CN(Cc3ccc(OC)cc3)Cc3nnnn3Cc3ccc(F)cc3)cc2c1. The summed E-state index contributed by atoms with van der Waals surface area (Å²) in [5.74, 6) is 1.14. The fourth-order valence-corrected chi connectivity index (χ4v) is 4.46. The van der Waals surface area contributed by atoms with E-state index in [-0.39, 0.29) is 11.4 Å². The van der Waals surface area contributed by atoms with Crippen molar-refractivity contribution in [1.82, 2.24) is 30.1 Å². The van der Waals surface area contributed by atoms with Crippen molar-refractivity contribution in [1.29, 1.82) is 0 Å². The molecule has 8 nitrogen and oxygen atoms in total. The van der Waals surface area contributed by atoms with Crippen LogP contribution in [-0.2, 0) is 32.6 Å². The van der Waals surface area contributed by atoms with Gasteiger partial charge in [-0.25, -0.2) is 9.07 Å². The van der Waals surface area contributed by atoms with Crippen molar-refractivity contribution in [2.45, 2.75) is 39.5 Å². The molecule has 0 unspecified atom stereocenters. The van der Waals surface area contributed by atoms with Crippen molar-refractivity contribution in [2.75, 3.05) is 7.11 Å². The van der Waals surface area contributed by atoms with E-state index in [2.05, 4.69) is 38.4 Å². The van der Waals surface area contributed by atoms with Crippen LogP contribution in [0.25, 0.3) is 10.9 Å². The van der Waals surface area contributed by atoms with Gasteiger partial charge in [0.2, 0.25) is 0 Å². The van der Waals surface area contributed by atoms with Crippen LogP contribution in [0.15, 0.2) is 77.6 Å². The second-order valence-electron chi connectivity index (χ2n) is 9.27. The van der Waals surface area contributed by atoms with Crippen LogP contribution >= 0.6 is 0 Å². The third kappa shape index (κ3) is 5.95. The Morgan fingerprint density at radius 1 is 0.921 bits per heavy atom. The maximum absolute atomic E-state index is 13.4. The smallest absolute Gasteiger partial charge is 0.252 e. The standard InChI is InChI=1S/C29H29FN6O2/c1-3-20-8-13-27-23(14-20)15-24(29(37)31-27)18-35(16-21-6-11-26(38-2)12-7-21)19-28-32-33-34-36(28)17-22-4-9-25(30)10-5-22/h4-15H,3,16-19H2,1-2H3,(H,31,37). The molecule has 2 heterocycles. The van der Waals surface area contributed by atoms with Crippen LogP contribution in [0.3, 0.4) is 0 Å². The van der Waals surface area contributed by atoms with Crippen molar-refractivity contribution in [3.8, 4) is 5.75 Å². The summed E-state index contributed by atoms with van der Waals surface area (Å²) < 4.78 is 20.4. The Morgan fingerprint density at radius 2 is 1.66 bits per heavy atom. The molecule has 0 aliphatic heterocycles. The normalized spacial score (nSPS) is 11.4. The summed E-state index contributed by atoms with van der Waals surface area (Å²) in [6.07, 6.45) is 0.921. The van der Waals surface area contributed by atoms with Crippen LogP contribution in [0.2, 0.25) is 0 Å². The molecule has 9 heteroatoms. The van der Waals surface area contributed by atoms with E-state index in [0.29, 0.717) is 37.6 Å². The van der Waals surface area contributed by atoms with E-state index >= 15 is 0 Å². The van der Waals surface area contributed by atoms with Crippen LogP contribution in [0, 0.1) is 5.82 Å². The average molecular weight is 513 g/mol. The van der Waals surface area contributed by atoms with Crippen LogP contribution in [-0.4, -0.2) is 37.2 Å². The number of rotatable bonds is 10. The van der Waals surface area contributed by atoms with Gasteiger partial charge in [0.15, 0.2) is 5.82 Å². The first-order valence-corrected chi connectivity index (χ1v) is 12.5. The summed E-state index contributed by atoms with van der Waals surface area (Å²) in [5, 5.41) is 13.3. The molecular formula is C29H29FN6O2. The minimum Gasteiger partial charge on any atom is -0.497 e. The highest BCUT2D eigenvalue weighted by atomic mass is 19.1. The van der Waals surface area contributed by atoms with Gasteiger partial charge >= 0.3 is 0 Å². The van der Waals surface area contributed by atoms with Gasteiger partial charge in [-0.2, -0.15) is 0 Å². The van der Waals surface area contributed by atoms with E-state index < -0.39 is 0 Å². The Labute approximate surface area is 219 Å². The Balaban J connectivity index is 1.44. The number of nitrogens with one attached hydrogen (secondary N) is 1. The van der Waals surface area contributed by atoms with Gasteiger partial charge in [0, 0.05) is 24.2 Å². The minimum absolute atomic E-state index is 0.118. The number of aromatic nitrogens is 5. The van der Waals surface area contributed by atoms with E-state index in [9.17, 15) is 9.18 Å². The van der Waals surface area contributed by atoms with E-state index in [1.54, 1.807) is 23.9 Å². The van der Waals surface area contributed by atoms with E-state index in [0.717, 1.165) is 34.2 Å². The molecule has 0 aliphatic carbocycles. The van der Waals surface area contributed by atoms with Crippen molar-refractivity contribution in [2.24, 2.45) is 0 Å². The van der Waals surface area contributed by atoms with Gasteiger partial charge in [0.1, 0.15) is 11.6 Å². The molecule has 38 heavy (non-hydrogen) atoms. The van der Waals surface area contributed by atoms with Gasteiger partial charge in [0.25, 0.3) is 5.56 Å². The number of halogens is 1. The monoisotopic (exact) mass is 512 g/mol. The molecule has 2 aromatic heterocycles. The molecule has 0 spiro atoms. The highest BCUT2D eigenvalue weighted by Gasteiger charge is 2.16. The number of fused-ring (bicyclic) bond motifs is 1. The largest absolute Gasteiger partial charge is 0.497 e. The molecule has 0 saturated heterocycles. The number of hydrogen-bond donors (Lipinski definition) is 1. The molecular weight excluding hydrogens is 483 g/mol. The first-order chi connectivity index (χ1) is 18.5. The number of ether oxygens (including phenoxy) is 1. The Morgan fingerprint density at radius 3 is 2.39 bits per heavy atom. The van der Waals surface area contributed by atoms with Gasteiger partial charge < -0.3 is 9.72 Å². The third-order valence-electron chi connectivity index (χ3n) is 6.57. The summed E-state index contributed by atoms with van der Waals surface area (Å²) in [4.78, 5) is 18.2. The van der Waals surface area contributed by atoms with Gasteiger partial charge in [-0.05, 0) is 81.4 Å². The zero-order chi connectivity index (χ0) is 26.5. The van der Waals surface area contributed by atoms with E-state index in [1.165, 1.54) is 17.7 Å². The van der Waals surface area contributed by atoms with Gasteiger partial charge in [-0.1, -0.05) is 37.3 Å². The lowest BCUT2D eigenvalue weighted by Gasteiger charge is -2.22. The first kappa shape index (κ1) is 25.3. The highest BCUT2D eigenvalue weighted by Crippen LogP contribution is 2.19. The fraction of sp³-hybridized carbons (Fsp3) is 0.241. The number of benzene rings is 3. The zero-order valence-electron chi connectivity index (χ0n) is 21.4. The quantitative estimate of drug-likeness (QED) is 0.297. The molecule has 0 radical (unpaired) electrons. The zero-order valence-corrected chi connectivity index (χ0v) is 21.4. The predicted octanol–water partition coefficient (Wildman–Crippen LogP) is 4.48. The molecule has 0 atom stereocenters. The fourth-order valence-electron chi connectivity index (χ4n) is 4.46.